The maximum atomic E-state index is 13.0. The van der Waals surface area contributed by atoms with E-state index in [9.17, 15) is 50.0 Å². The van der Waals surface area contributed by atoms with Gasteiger partial charge in [0.05, 0.1) is 4.92 Å². The van der Waals surface area contributed by atoms with Crippen LogP contribution in [0, 0.1) is 15.9 Å². The highest BCUT2D eigenvalue weighted by Crippen LogP contribution is 2.46. The molecule has 23 heavy (non-hydrogen) atoms. The van der Waals surface area contributed by atoms with Gasteiger partial charge in [-0.15, -0.1) is 0 Å². The summed E-state index contributed by atoms with van der Waals surface area (Å²) >= 11 is 0. The molecule has 13 heteroatoms. The quantitative estimate of drug-likeness (QED) is 0.512. The van der Waals surface area contributed by atoms with Crippen molar-refractivity contribution in [3.8, 4) is 0 Å². The zero-order chi connectivity index (χ0) is 18.2. The number of alkyl halides is 7. The summed E-state index contributed by atoms with van der Waals surface area (Å²) in [7, 11) is 0. The van der Waals surface area contributed by atoms with Crippen molar-refractivity contribution in [1.82, 2.24) is 0 Å². The maximum absolute atomic E-state index is 13.0. The minimum atomic E-state index is -6.72. The fraction of sp³-hybridized carbons (Fsp3) is 0.300. The Morgan fingerprint density at radius 1 is 1.09 bits per heavy atom. The predicted octanol–water partition coefficient (Wildman–Crippen LogP) is 3.51. The zero-order valence-corrected chi connectivity index (χ0v) is 10.4. The Kier molecular flexibility index (Phi) is 4.54. The molecule has 0 atom stereocenters. The van der Waals surface area contributed by atoms with Crippen molar-refractivity contribution in [3.63, 3.8) is 0 Å². The van der Waals surface area contributed by atoms with Gasteiger partial charge < -0.3 is 5.32 Å². The second-order valence-corrected chi connectivity index (χ2v) is 4.02. The first-order valence-electron chi connectivity index (χ1n) is 5.29. The van der Waals surface area contributed by atoms with E-state index in [0.29, 0.717) is 12.1 Å². The lowest BCUT2D eigenvalue weighted by atomic mass is 10.1. The highest BCUT2D eigenvalue weighted by atomic mass is 19.4. The van der Waals surface area contributed by atoms with Crippen LogP contribution in [0.4, 0.5) is 46.5 Å². The van der Waals surface area contributed by atoms with Gasteiger partial charge in [0.2, 0.25) is 5.82 Å². The molecule has 0 aromatic heterocycles. The lowest BCUT2D eigenvalue weighted by Gasteiger charge is -2.27. The molecule has 0 spiro atoms. The van der Waals surface area contributed by atoms with E-state index in [4.69, 9.17) is 0 Å². The first-order chi connectivity index (χ1) is 10.2. The van der Waals surface area contributed by atoms with Crippen LogP contribution in [-0.2, 0) is 4.79 Å². The minimum absolute atomic E-state index is 0.176. The number of carbonyl (C=O) groups is 1. The van der Waals surface area contributed by atoms with Gasteiger partial charge in [0.15, 0.2) is 0 Å². The van der Waals surface area contributed by atoms with Crippen molar-refractivity contribution in [2.24, 2.45) is 0 Å². The molecule has 5 nitrogen and oxygen atoms in total. The van der Waals surface area contributed by atoms with Crippen LogP contribution < -0.4 is 5.32 Å². The average molecular weight is 352 g/mol. The van der Waals surface area contributed by atoms with Gasteiger partial charge in [0, 0.05) is 11.8 Å². The molecule has 0 unspecified atom stereocenters. The third-order valence-corrected chi connectivity index (χ3v) is 2.44. The molecule has 0 heterocycles. The van der Waals surface area contributed by atoms with E-state index in [1.165, 1.54) is 0 Å². The first-order valence-corrected chi connectivity index (χ1v) is 5.29. The van der Waals surface area contributed by atoms with Crippen molar-refractivity contribution in [2.45, 2.75) is 18.0 Å². The monoisotopic (exact) mass is 352 g/mol. The SMILES string of the molecule is O=C(Nc1ccc(F)c([N+](=O)[O-])c1)C(F)(F)C(F)(F)C(F)(F)F. The smallest absolute Gasteiger partial charge is 0.320 e. The maximum Gasteiger partial charge on any atom is 0.460 e. The number of hydrogen-bond donors (Lipinski definition) is 1. The van der Waals surface area contributed by atoms with Gasteiger partial charge in [-0.1, -0.05) is 0 Å². The molecular weight excluding hydrogens is 348 g/mol. The summed E-state index contributed by atoms with van der Waals surface area (Å²) in [6.45, 7) is 0. The number of nitro groups is 1. The van der Waals surface area contributed by atoms with Crippen LogP contribution in [0.25, 0.3) is 0 Å². The van der Waals surface area contributed by atoms with Gasteiger partial charge >= 0.3 is 29.6 Å². The Balaban J connectivity index is 3.13. The second-order valence-electron chi connectivity index (χ2n) is 4.02. The normalized spacial score (nSPS) is 12.9. The number of nitro benzene ring substituents is 1. The average Bonchev–Trinajstić information content (AvgIpc) is 2.38. The fourth-order valence-corrected chi connectivity index (χ4v) is 1.26. The summed E-state index contributed by atoms with van der Waals surface area (Å²) in [6, 6.07) is 0.963. The van der Waals surface area contributed by atoms with Crippen LogP contribution in [0.3, 0.4) is 0 Å². The van der Waals surface area contributed by atoms with Crippen LogP contribution in [0.15, 0.2) is 18.2 Å². The van der Waals surface area contributed by atoms with E-state index in [0.717, 1.165) is 5.32 Å². The highest BCUT2D eigenvalue weighted by molar-refractivity contribution is 5.97. The molecule has 0 fully saturated rings. The second kappa shape index (κ2) is 5.62. The van der Waals surface area contributed by atoms with Crippen LogP contribution in [-0.4, -0.2) is 28.9 Å². The number of nitrogens with zero attached hydrogens (tertiary/aromatic N) is 1. The summed E-state index contributed by atoms with van der Waals surface area (Å²) in [5, 5.41) is 11.3. The summed E-state index contributed by atoms with van der Waals surface area (Å²) in [5.74, 6) is -17.4. The molecule has 0 saturated heterocycles. The number of amides is 1. The van der Waals surface area contributed by atoms with E-state index >= 15 is 0 Å². The van der Waals surface area contributed by atoms with Crippen molar-refractivity contribution >= 4 is 17.3 Å². The van der Waals surface area contributed by atoms with E-state index in [1.807, 2.05) is 0 Å². The lowest BCUT2D eigenvalue weighted by molar-refractivity contribution is -0.387. The van der Waals surface area contributed by atoms with Gasteiger partial charge in [-0.25, -0.2) is 0 Å². The molecule has 128 valence electrons. The molecule has 1 N–H and O–H groups in total. The van der Waals surface area contributed by atoms with E-state index in [1.54, 1.807) is 0 Å². The molecule has 1 amide bonds. The molecule has 1 aromatic rings. The van der Waals surface area contributed by atoms with Crippen LogP contribution in [0.1, 0.15) is 0 Å². The molecule has 1 aromatic carbocycles. The van der Waals surface area contributed by atoms with Crippen molar-refractivity contribution in [3.05, 3.63) is 34.1 Å². The molecule has 0 aliphatic carbocycles. The van der Waals surface area contributed by atoms with Gasteiger partial charge in [-0.2, -0.15) is 35.1 Å². The Morgan fingerprint density at radius 3 is 2.04 bits per heavy atom. The minimum Gasteiger partial charge on any atom is -0.320 e. The fourth-order valence-electron chi connectivity index (χ4n) is 1.26. The van der Waals surface area contributed by atoms with Gasteiger partial charge in [-0.3, -0.25) is 14.9 Å². The molecular formula is C10H4F8N2O3. The molecule has 0 aliphatic heterocycles. The topological polar surface area (TPSA) is 72.2 Å². The number of halogens is 8. The van der Waals surface area contributed by atoms with Crippen molar-refractivity contribution in [1.29, 1.82) is 0 Å². The number of rotatable bonds is 4. The number of nitrogens with one attached hydrogen (secondary N) is 1. The number of benzene rings is 1. The van der Waals surface area contributed by atoms with Crippen LogP contribution in [0.5, 0.6) is 0 Å². The van der Waals surface area contributed by atoms with Crippen molar-refractivity contribution in [2.75, 3.05) is 5.32 Å². The largest absolute Gasteiger partial charge is 0.460 e. The van der Waals surface area contributed by atoms with Crippen molar-refractivity contribution < 1.29 is 44.8 Å². The number of anilines is 1. The van der Waals surface area contributed by atoms with Crippen LogP contribution >= 0.6 is 0 Å². The molecule has 0 bridgehead atoms. The Hall–Kier alpha value is -2.47. The third kappa shape index (κ3) is 3.32. The number of hydrogen-bond acceptors (Lipinski definition) is 3. The summed E-state index contributed by atoms with van der Waals surface area (Å²) in [6.07, 6.45) is -6.72. The number of carbonyl (C=O) groups excluding carboxylic acids is 1. The zero-order valence-electron chi connectivity index (χ0n) is 10.4. The lowest BCUT2D eigenvalue weighted by Crippen LogP contribution is -2.57. The first kappa shape index (κ1) is 18.6. The standard InChI is InChI=1S/C10H4F8N2O3/c11-5-2-1-4(3-6(5)20(22)23)19-7(21)8(12,13)9(14,15)10(16,17)18/h1-3H,(H,19,21). The Morgan fingerprint density at radius 2 is 1.61 bits per heavy atom. The summed E-state index contributed by atoms with van der Waals surface area (Å²) in [4.78, 5) is 20.0. The summed E-state index contributed by atoms with van der Waals surface area (Å²) < 4.78 is 100.0. The summed E-state index contributed by atoms with van der Waals surface area (Å²) in [5.41, 5.74) is -2.28. The Labute approximate surface area is 121 Å². The van der Waals surface area contributed by atoms with E-state index in [-0.39, 0.29) is 6.07 Å². The van der Waals surface area contributed by atoms with E-state index in [2.05, 4.69) is 0 Å². The Bertz CT molecular complexity index is 643. The molecule has 0 aliphatic rings. The molecule has 1 rings (SSSR count). The van der Waals surface area contributed by atoms with Crippen LogP contribution in [0.2, 0.25) is 0 Å². The van der Waals surface area contributed by atoms with Gasteiger partial charge in [0.25, 0.3) is 0 Å². The van der Waals surface area contributed by atoms with Gasteiger partial charge in [0.1, 0.15) is 0 Å². The van der Waals surface area contributed by atoms with E-state index < -0.39 is 46.0 Å². The van der Waals surface area contributed by atoms with Gasteiger partial charge in [-0.05, 0) is 12.1 Å². The highest BCUT2D eigenvalue weighted by Gasteiger charge is 2.76. The molecule has 0 saturated carbocycles. The predicted molar refractivity (Wildman–Crippen MR) is 57.6 cm³/mol. The third-order valence-electron chi connectivity index (χ3n) is 2.44. The molecule has 0 radical (unpaired) electrons.